The number of hydrogen-bond donors (Lipinski definition) is 0. The number of rotatable bonds is 0. The van der Waals surface area contributed by atoms with Crippen molar-refractivity contribution in [2.45, 2.75) is 0 Å². The van der Waals surface area contributed by atoms with Gasteiger partial charge in [0.15, 0.2) is 0 Å². The molecule has 0 aliphatic carbocycles. The van der Waals surface area contributed by atoms with Crippen molar-refractivity contribution in [1.29, 1.82) is 0 Å². The fourth-order valence-electron chi connectivity index (χ4n) is 0. The van der Waals surface area contributed by atoms with E-state index in [-0.39, 0.29) is 104 Å². The Hall–Kier alpha value is 3.15. The average molecular weight is 301 g/mol. The molecule has 0 aromatic rings. The van der Waals surface area contributed by atoms with Gasteiger partial charge in [-0.2, -0.15) is 0 Å². The molecule has 0 rings (SSSR count). The molecular weight excluding hydrogens is 297 g/mol. The van der Waals surface area contributed by atoms with Gasteiger partial charge in [-0.05, 0) is 0 Å². The third kappa shape index (κ3) is 8.94. The van der Waals surface area contributed by atoms with Gasteiger partial charge in [0, 0.05) is 52.7 Å². The molecule has 2 radical (unpaired) electrons. The Kier molecular flexibility index (Phi) is 112. The van der Waals surface area contributed by atoms with Crippen molar-refractivity contribution in [3.05, 3.63) is 0 Å². The molecule has 0 fully saturated rings. The Morgan fingerprint density at radius 3 is 1.00 bits per heavy atom. The van der Waals surface area contributed by atoms with Gasteiger partial charge in [0.05, 0.1) is 0 Å². The zero-order chi connectivity index (χ0) is 0. The van der Waals surface area contributed by atoms with E-state index in [1.165, 1.54) is 0 Å². The SMILES string of the molecule is O.[La].[Mn].[SrH2]. The molecule has 0 heterocycles. The van der Waals surface area contributed by atoms with Crippen LogP contribution in [0.15, 0.2) is 0 Å². The third-order valence-corrected chi connectivity index (χ3v) is 0. The summed E-state index contributed by atoms with van der Waals surface area (Å²) in [7, 11) is 0. The zero-order valence-corrected chi connectivity index (χ0v) is 6.26. The van der Waals surface area contributed by atoms with E-state index in [9.17, 15) is 0 Å². The average Bonchev–Trinajstić information content (AvgIpc) is 0. The predicted octanol–water partition coefficient (Wildman–Crippen LogP) is -1.74. The summed E-state index contributed by atoms with van der Waals surface area (Å²) in [6.45, 7) is 0. The van der Waals surface area contributed by atoms with Gasteiger partial charge in [0.1, 0.15) is 0 Å². The van der Waals surface area contributed by atoms with Gasteiger partial charge < -0.3 is 5.48 Å². The van der Waals surface area contributed by atoms with Crippen molar-refractivity contribution in [3.63, 3.8) is 0 Å². The predicted molar refractivity (Wildman–Crippen MR) is 12.2 cm³/mol. The van der Waals surface area contributed by atoms with Crippen LogP contribution in [0, 0.1) is 35.6 Å². The Bertz CT molecular complexity index is 8.00. The Morgan fingerprint density at radius 2 is 1.00 bits per heavy atom. The fourth-order valence-corrected chi connectivity index (χ4v) is 0. The minimum atomic E-state index is 0. The summed E-state index contributed by atoms with van der Waals surface area (Å²) >= 11 is 0. The van der Waals surface area contributed by atoms with Crippen LogP contribution < -0.4 is 0 Å². The molecule has 1 nitrogen and oxygen atoms in total. The van der Waals surface area contributed by atoms with Crippen LogP contribution in [-0.4, -0.2) is 51.0 Å². The van der Waals surface area contributed by atoms with Crippen LogP contribution in [0.3, 0.4) is 0 Å². The first kappa shape index (κ1) is 27.2. The summed E-state index contributed by atoms with van der Waals surface area (Å²) in [5.41, 5.74) is 0. The fraction of sp³-hybridized carbons (Fsp3) is 0. The second-order valence-electron chi connectivity index (χ2n) is 0. The van der Waals surface area contributed by atoms with E-state index in [0.29, 0.717) is 0 Å². The molecule has 0 saturated carbocycles. The maximum absolute atomic E-state index is 0. The first-order chi connectivity index (χ1) is 0. The molecule has 22 valence electrons. The summed E-state index contributed by atoms with van der Waals surface area (Å²) < 4.78 is 0. The molecule has 0 unspecified atom stereocenters. The molecule has 0 amide bonds. The van der Waals surface area contributed by atoms with E-state index < -0.39 is 0 Å². The molecule has 0 saturated heterocycles. The van der Waals surface area contributed by atoms with Crippen molar-refractivity contribution in [2.75, 3.05) is 0 Å². The molecule has 0 spiro atoms. The summed E-state index contributed by atoms with van der Waals surface area (Å²) in [6.07, 6.45) is 0. The van der Waals surface area contributed by atoms with E-state index in [4.69, 9.17) is 0 Å². The van der Waals surface area contributed by atoms with Crippen molar-refractivity contribution in [2.24, 2.45) is 0 Å². The monoisotopic (exact) mass is 302 g/mol. The van der Waals surface area contributed by atoms with Crippen LogP contribution in [0.2, 0.25) is 0 Å². The molecule has 0 aliphatic rings. The third-order valence-electron chi connectivity index (χ3n) is 0. The Morgan fingerprint density at radius 1 is 1.00 bits per heavy atom. The maximum atomic E-state index is 0. The van der Waals surface area contributed by atoms with Gasteiger partial charge in [-0.25, -0.2) is 0 Å². The molecular formula is H4LaMnOSr. The number of hydrogen-bond acceptors (Lipinski definition) is 0. The van der Waals surface area contributed by atoms with Gasteiger partial charge in [-0.15, -0.1) is 0 Å². The second kappa shape index (κ2) is 16.4. The van der Waals surface area contributed by atoms with E-state index in [1.54, 1.807) is 0 Å². The first-order valence-electron chi connectivity index (χ1n) is 0. The summed E-state index contributed by atoms with van der Waals surface area (Å²) in [5.74, 6) is 0. The van der Waals surface area contributed by atoms with E-state index in [0.717, 1.165) is 0 Å². The Labute approximate surface area is 101 Å². The molecule has 0 aromatic carbocycles. The normalized spacial score (nSPS) is 0. The summed E-state index contributed by atoms with van der Waals surface area (Å²) in [5, 5.41) is 0. The van der Waals surface area contributed by atoms with Crippen molar-refractivity contribution >= 4 is 45.5 Å². The molecule has 0 aromatic heterocycles. The van der Waals surface area contributed by atoms with Crippen LogP contribution >= 0.6 is 0 Å². The topological polar surface area (TPSA) is 31.5 Å². The summed E-state index contributed by atoms with van der Waals surface area (Å²) in [4.78, 5) is 0. The molecule has 0 atom stereocenters. The van der Waals surface area contributed by atoms with Gasteiger partial charge >= 0.3 is 45.5 Å². The van der Waals surface area contributed by atoms with Gasteiger partial charge in [-0.3, -0.25) is 0 Å². The van der Waals surface area contributed by atoms with Crippen LogP contribution in [0.1, 0.15) is 0 Å². The summed E-state index contributed by atoms with van der Waals surface area (Å²) in [6, 6.07) is 0. The van der Waals surface area contributed by atoms with E-state index in [2.05, 4.69) is 0 Å². The van der Waals surface area contributed by atoms with Crippen molar-refractivity contribution in [1.82, 2.24) is 0 Å². The Balaban J connectivity index is 0. The van der Waals surface area contributed by atoms with E-state index in [1.807, 2.05) is 0 Å². The van der Waals surface area contributed by atoms with Crippen molar-refractivity contribution in [3.8, 4) is 0 Å². The quantitative estimate of drug-likeness (QED) is 0.476. The van der Waals surface area contributed by atoms with Crippen LogP contribution in [-0.2, 0) is 17.1 Å². The van der Waals surface area contributed by atoms with Crippen LogP contribution in [0.25, 0.3) is 0 Å². The minimum absolute atomic E-state index is 0. The second-order valence-corrected chi connectivity index (χ2v) is 0. The standard InChI is InChI=1S/La.Mn.H2O.Sr.2H/h;;1H2;;;. The molecule has 2 N–H and O–H groups in total. The zero-order valence-electron chi connectivity index (χ0n) is 1.46. The van der Waals surface area contributed by atoms with Gasteiger partial charge in [0.2, 0.25) is 0 Å². The molecule has 0 bridgehead atoms. The molecule has 0 aliphatic heterocycles. The van der Waals surface area contributed by atoms with E-state index >= 15 is 0 Å². The van der Waals surface area contributed by atoms with Crippen LogP contribution in [0.5, 0.6) is 0 Å². The van der Waals surface area contributed by atoms with Gasteiger partial charge in [-0.1, -0.05) is 0 Å². The molecule has 4 heavy (non-hydrogen) atoms. The van der Waals surface area contributed by atoms with Gasteiger partial charge in [0.25, 0.3) is 0 Å². The molecule has 4 heteroatoms. The first-order valence-corrected chi connectivity index (χ1v) is 0. The van der Waals surface area contributed by atoms with Crippen molar-refractivity contribution < 1.29 is 58.1 Å². The van der Waals surface area contributed by atoms with Crippen LogP contribution in [0.4, 0.5) is 0 Å².